The number of aliphatic carboxylic acids is 1. The van der Waals surface area contributed by atoms with E-state index in [4.69, 9.17) is 4.74 Å². The fourth-order valence-electron chi connectivity index (χ4n) is 2.94. The molecule has 32 heavy (non-hydrogen) atoms. The zero-order valence-corrected chi connectivity index (χ0v) is 18.6. The molecule has 2 aliphatic rings. The number of nitrogens with one attached hydrogen (secondary N) is 1. The molecule has 2 aliphatic heterocycles. The highest BCUT2D eigenvalue weighted by Gasteiger charge is 2.60. The smallest absolute Gasteiger partial charge is 0.352 e. The molecule has 0 aliphatic carbocycles. The maximum atomic E-state index is 12.6. The van der Waals surface area contributed by atoms with Gasteiger partial charge in [0.15, 0.2) is 15.2 Å². The lowest BCUT2D eigenvalue weighted by Crippen LogP contribution is -2.75. The minimum Gasteiger partial charge on any atom is -0.477 e. The van der Waals surface area contributed by atoms with E-state index in [-0.39, 0.29) is 12.1 Å². The molecule has 3 rings (SSSR count). The van der Waals surface area contributed by atoms with Crippen molar-refractivity contribution in [3.63, 3.8) is 0 Å². The second-order valence-corrected chi connectivity index (χ2v) is 9.44. The van der Waals surface area contributed by atoms with Gasteiger partial charge in [0.2, 0.25) is 5.91 Å². The number of ether oxygens (including phenoxy) is 1. The molecule has 2 N–H and O–H groups in total. The number of rotatable bonds is 6. The van der Waals surface area contributed by atoms with Crippen molar-refractivity contribution < 1.29 is 37.4 Å². The largest absolute Gasteiger partial charge is 0.477 e. The summed E-state index contributed by atoms with van der Waals surface area (Å²) in [7, 11) is 1.95. The number of aromatic nitrogens is 4. The fraction of sp³-hybridized carbons (Fsp3) is 0.562. The Balaban J connectivity index is 0.000000837. The number of carbonyl (C=O) groups is 4. The molecular formula is C16H23N7O8S. The highest BCUT2D eigenvalue weighted by atomic mass is 32.2. The molecule has 0 bridgehead atoms. The van der Waals surface area contributed by atoms with Gasteiger partial charge in [0.05, 0.1) is 5.75 Å². The van der Waals surface area contributed by atoms with Crippen molar-refractivity contribution in [2.45, 2.75) is 24.9 Å². The number of sulfone groups is 1. The van der Waals surface area contributed by atoms with Gasteiger partial charge in [0.25, 0.3) is 5.91 Å². The van der Waals surface area contributed by atoms with E-state index in [9.17, 15) is 32.7 Å². The summed E-state index contributed by atoms with van der Waals surface area (Å²) in [5.74, 6) is -4.65. The van der Waals surface area contributed by atoms with E-state index in [2.05, 4.69) is 20.8 Å². The molecule has 1 aromatic rings. The SMILES string of the molecule is CC(=O)OCC1=C(C(=O)O)N2C(=O)[C@H](NC(=O)Cn3cnnn3)[C@@H]2S(=O)(=O)C1.CN(C)C. The van der Waals surface area contributed by atoms with Gasteiger partial charge in [-0.15, -0.1) is 5.10 Å². The van der Waals surface area contributed by atoms with Crippen molar-refractivity contribution in [1.29, 1.82) is 0 Å². The third kappa shape index (κ3) is 5.64. The first-order valence-electron chi connectivity index (χ1n) is 9.09. The van der Waals surface area contributed by atoms with Gasteiger partial charge in [-0.2, -0.15) is 0 Å². The zero-order chi connectivity index (χ0) is 24.2. The lowest BCUT2D eigenvalue weighted by molar-refractivity contribution is -0.151. The molecule has 0 spiro atoms. The van der Waals surface area contributed by atoms with Crippen LogP contribution in [0.3, 0.4) is 0 Å². The Kier molecular flexibility index (Phi) is 7.63. The summed E-state index contributed by atoms with van der Waals surface area (Å²) in [6.07, 6.45) is 1.15. The van der Waals surface area contributed by atoms with Crippen LogP contribution in [0.25, 0.3) is 0 Å². The molecule has 3 heterocycles. The summed E-state index contributed by atoms with van der Waals surface area (Å²) < 4.78 is 30.9. The molecule has 2 atom stereocenters. The van der Waals surface area contributed by atoms with Crippen LogP contribution in [0.1, 0.15) is 6.92 Å². The molecule has 176 valence electrons. The number of fused-ring (bicyclic) bond motifs is 1. The molecule has 15 nitrogen and oxygen atoms in total. The Hall–Kier alpha value is -3.40. The Morgan fingerprint density at radius 3 is 2.44 bits per heavy atom. The normalized spacial score (nSPS) is 21.2. The van der Waals surface area contributed by atoms with Crippen LogP contribution in [0.4, 0.5) is 0 Å². The summed E-state index contributed by atoms with van der Waals surface area (Å²) in [6.45, 7) is 0.137. The number of hydrogen-bond acceptors (Lipinski definition) is 11. The van der Waals surface area contributed by atoms with Crippen molar-refractivity contribution in [3.05, 3.63) is 17.6 Å². The van der Waals surface area contributed by atoms with Crippen LogP contribution < -0.4 is 5.32 Å². The molecule has 16 heteroatoms. The molecule has 1 fully saturated rings. The number of tetrazole rings is 1. The number of carboxylic acid groups (broad SMARTS) is 1. The van der Waals surface area contributed by atoms with Crippen LogP contribution in [0.5, 0.6) is 0 Å². The predicted molar refractivity (Wildman–Crippen MR) is 105 cm³/mol. The van der Waals surface area contributed by atoms with Crippen LogP contribution in [0, 0.1) is 0 Å². The van der Waals surface area contributed by atoms with Gasteiger partial charge in [-0.25, -0.2) is 17.9 Å². The summed E-state index contributed by atoms with van der Waals surface area (Å²) in [4.78, 5) is 49.6. The van der Waals surface area contributed by atoms with Crippen molar-refractivity contribution in [3.8, 4) is 0 Å². The number of β-lactam (4-membered cyclic amide) rings is 1. The van der Waals surface area contributed by atoms with E-state index < -0.39 is 63.1 Å². The van der Waals surface area contributed by atoms with E-state index in [1.165, 1.54) is 0 Å². The third-order valence-electron chi connectivity index (χ3n) is 4.03. The minimum absolute atomic E-state index is 0.231. The van der Waals surface area contributed by atoms with Crippen LogP contribution >= 0.6 is 0 Å². The number of carboxylic acids is 1. The van der Waals surface area contributed by atoms with Crippen LogP contribution in [0.15, 0.2) is 17.6 Å². The minimum atomic E-state index is -4.05. The van der Waals surface area contributed by atoms with E-state index in [0.29, 0.717) is 4.90 Å². The first-order valence-corrected chi connectivity index (χ1v) is 10.8. The zero-order valence-electron chi connectivity index (χ0n) is 17.7. The van der Waals surface area contributed by atoms with Crippen LogP contribution in [-0.2, 0) is 40.3 Å². The van der Waals surface area contributed by atoms with Gasteiger partial charge in [-0.3, -0.25) is 19.3 Å². The Labute approximate surface area is 182 Å². The van der Waals surface area contributed by atoms with E-state index in [0.717, 1.165) is 17.9 Å². The lowest BCUT2D eigenvalue weighted by atomic mass is 10.0. The summed E-state index contributed by atoms with van der Waals surface area (Å²) >= 11 is 0. The van der Waals surface area contributed by atoms with Crippen LogP contribution in [0.2, 0.25) is 0 Å². The number of esters is 1. The molecule has 0 radical (unpaired) electrons. The lowest BCUT2D eigenvalue weighted by Gasteiger charge is -2.48. The third-order valence-corrected chi connectivity index (χ3v) is 6.00. The van der Waals surface area contributed by atoms with E-state index in [1.54, 1.807) is 0 Å². The molecule has 1 saturated heterocycles. The Morgan fingerprint density at radius 1 is 1.31 bits per heavy atom. The molecule has 1 aromatic heterocycles. The van der Waals surface area contributed by atoms with Gasteiger partial charge < -0.3 is 20.1 Å². The molecular weight excluding hydrogens is 450 g/mol. The first-order chi connectivity index (χ1) is 14.8. The summed E-state index contributed by atoms with van der Waals surface area (Å²) in [6, 6.07) is -1.45. The maximum absolute atomic E-state index is 12.6. The van der Waals surface area contributed by atoms with Crippen molar-refractivity contribution in [1.82, 2.24) is 35.3 Å². The summed E-state index contributed by atoms with van der Waals surface area (Å²) in [5.41, 5.74) is -0.803. The van der Waals surface area contributed by atoms with E-state index >= 15 is 0 Å². The number of hydrogen-bond donors (Lipinski definition) is 2. The van der Waals surface area contributed by atoms with Gasteiger partial charge in [0.1, 0.15) is 31.2 Å². The van der Waals surface area contributed by atoms with Crippen molar-refractivity contribution in [2.75, 3.05) is 33.5 Å². The molecule has 2 amide bonds. The highest BCUT2D eigenvalue weighted by Crippen LogP contribution is 2.36. The monoisotopic (exact) mass is 473 g/mol. The van der Waals surface area contributed by atoms with Gasteiger partial charge in [-0.1, -0.05) is 0 Å². The summed E-state index contributed by atoms with van der Waals surface area (Å²) in [5, 5.41) is 20.3. The van der Waals surface area contributed by atoms with E-state index in [1.807, 2.05) is 26.0 Å². The fourth-order valence-corrected chi connectivity index (χ4v) is 4.95. The van der Waals surface area contributed by atoms with Crippen LogP contribution in [-0.4, -0.2) is 112 Å². The first kappa shape index (κ1) is 24.9. The second-order valence-electron chi connectivity index (χ2n) is 7.34. The average molecular weight is 473 g/mol. The number of amides is 2. The van der Waals surface area contributed by atoms with Gasteiger partial charge in [-0.05, 0) is 31.6 Å². The molecule has 0 unspecified atom stereocenters. The Morgan fingerprint density at radius 2 is 1.94 bits per heavy atom. The molecule has 0 saturated carbocycles. The standard InChI is InChI=1S/C13H14N6O8S.C3H9N/c1-6(20)27-3-7-4-28(25,26)12-9(11(22)19(12)10(7)13(23)24)15-8(21)2-18-5-14-16-17-18;1-4(2)3/h5,9,12H,2-4H2,1H3,(H,15,21)(H,23,24);1-3H3/t9-,12-;/m0./s1. The average Bonchev–Trinajstić information content (AvgIpc) is 3.15. The van der Waals surface area contributed by atoms with Gasteiger partial charge >= 0.3 is 11.9 Å². The highest BCUT2D eigenvalue weighted by molar-refractivity contribution is 7.92. The number of nitrogens with zero attached hydrogens (tertiary/aromatic N) is 6. The number of carbonyl (C=O) groups excluding carboxylic acids is 3. The van der Waals surface area contributed by atoms with Gasteiger partial charge in [0, 0.05) is 12.5 Å². The van der Waals surface area contributed by atoms with Crippen molar-refractivity contribution in [2.24, 2.45) is 0 Å². The van der Waals surface area contributed by atoms with Crippen molar-refractivity contribution >= 4 is 33.6 Å². The maximum Gasteiger partial charge on any atom is 0.352 e. The predicted octanol–water partition coefficient (Wildman–Crippen LogP) is -3.17. The Bertz CT molecular complexity index is 1030. The topological polar surface area (TPSA) is 194 Å². The second kappa shape index (κ2) is 9.82. The quantitative estimate of drug-likeness (QED) is 0.311. The molecule has 0 aromatic carbocycles.